The molecule has 0 aliphatic carbocycles. The Kier molecular flexibility index (Phi) is 6.30. The molecule has 1 aromatic rings. The highest BCUT2D eigenvalue weighted by Gasteiger charge is 2.08. The fraction of sp³-hybridized carbons (Fsp3) is 0.600. The lowest BCUT2D eigenvalue weighted by molar-refractivity contribution is 0.352. The fourth-order valence-corrected chi connectivity index (χ4v) is 2.05. The van der Waals surface area contributed by atoms with Crippen molar-refractivity contribution in [2.24, 2.45) is 0 Å². The lowest BCUT2D eigenvalue weighted by Gasteiger charge is -2.21. The van der Waals surface area contributed by atoms with Crippen molar-refractivity contribution in [1.29, 1.82) is 0 Å². The summed E-state index contributed by atoms with van der Waals surface area (Å²) in [4.78, 5) is 2.20. The summed E-state index contributed by atoms with van der Waals surface area (Å²) in [6, 6.07) is 7.68. The molecule has 1 aromatic carbocycles. The number of benzene rings is 1. The maximum Gasteiger partial charge on any atom is 0.123 e. The van der Waals surface area contributed by atoms with E-state index in [4.69, 9.17) is 0 Å². The molecule has 0 aliphatic heterocycles. The zero-order valence-electron chi connectivity index (χ0n) is 11.9. The molecule has 1 rings (SSSR count). The highest BCUT2D eigenvalue weighted by atomic mass is 19.1. The first-order valence-corrected chi connectivity index (χ1v) is 6.62. The second-order valence-corrected chi connectivity index (χ2v) is 5.39. The Morgan fingerprint density at radius 3 is 2.28 bits per heavy atom. The van der Waals surface area contributed by atoms with Gasteiger partial charge in [0.15, 0.2) is 0 Å². The lowest BCUT2D eigenvalue weighted by Crippen LogP contribution is -2.37. The van der Waals surface area contributed by atoms with E-state index in [1.165, 1.54) is 17.7 Å². The summed E-state index contributed by atoms with van der Waals surface area (Å²) in [7, 11) is 4.18. The highest BCUT2D eigenvalue weighted by Crippen LogP contribution is 2.06. The van der Waals surface area contributed by atoms with Crippen LogP contribution in [0, 0.1) is 5.82 Å². The molecule has 0 fully saturated rings. The summed E-state index contributed by atoms with van der Waals surface area (Å²) >= 11 is 0. The number of halogens is 1. The van der Waals surface area contributed by atoms with Gasteiger partial charge in [-0.15, -0.1) is 0 Å². The van der Waals surface area contributed by atoms with Crippen LogP contribution >= 0.6 is 0 Å². The van der Waals surface area contributed by atoms with Crippen molar-refractivity contribution < 1.29 is 4.39 Å². The standard InChI is InChI=1S/C15H25FN2/c1-12(9-10-18(3)4)17-13(2)11-14-5-7-15(16)8-6-14/h5-8,12-13,17H,9-11H2,1-4H3. The van der Waals surface area contributed by atoms with Gasteiger partial charge in [-0.05, 0) is 65.0 Å². The van der Waals surface area contributed by atoms with Crippen LogP contribution in [0.15, 0.2) is 24.3 Å². The van der Waals surface area contributed by atoms with Gasteiger partial charge < -0.3 is 10.2 Å². The molecule has 0 bridgehead atoms. The molecule has 0 radical (unpaired) electrons. The van der Waals surface area contributed by atoms with E-state index in [-0.39, 0.29) is 5.82 Å². The molecule has 2 unspecified atom stereocenters. The minimum atomic E-state index is -0.168. The highest BCUT2D eigenvalue weighted by molar-refractivity contribution is 5.17. The first kappa shape index (κ1) is 15.1. The van der Waals surface area contributed by atoms with Crippen LogP contribution in [-0.2, 0) is 6.42 Å². The van der Waals surface area contributed by atoms with E-state index in [9.17, 15) is 4.39 Å². The second kappa shape index (κ2) is 7.49. The Bertz CT molecular complexity index is 335. The van der Waals surface area contributed by atoms with Gasteiger partial charge in [0, 0.05) is 12.1 Å². The minimum absolute atomic E-state index is 0.168. The zero-order valence-corrected chi connectivity index (χ0v) is 11.9. The summed E-state index contributed by atoms with van der Waals surface area (Å²) in [5, 5.41) is 3.58. The first-order chi connectivity index (χ1) is 8.47. The molecule has 2 atom stereocenters. The Morgan fingerprint density at radius 1 is 1.11 bits per heavy atom. The first-order valence-electron chi connectivity index (χ1n) is 6.62. The Morgan fingerprint density at radius 2 is 1.72 bits per heavy atom. The van der Waals surface area contributed by atoms with Gasteiger partial charge in [0.1, 0.15) is 5.82 Å². The van der Waals surface area contributed by atoms with Crippen molar-refractivity contribution in [1.82, 2.24) is 10.2 Å². The molecular formula is C15H25FN2. The third-order valence-electron chi connectivity index (χ3n) is 3.03. The molecule has 0 aromatic heterocycles. The molecule has 3 heteroatoms. The molecule has 0 amide bonds. The van der Waals surface area contributed by atoms with Crippen molar-refractivity contribution in [3.63, 3.8) is 0 Å². The van der Waals surface area contributed by atoms with E-state index in [2.05, 4.69) is 38.2 Å². The van der Waals surface area contributed by atoms with Crippen molar-refractivity contribution in [2.75, 3.05) is 20.6 Å². The third-order valence-corrected chi connectivity index (χ3v) is 3.03. The van der Waals surface area contributed by atoms with Crippen LogP contribution in [0.25, 0.3) is 0 Å². The SMILES string of the molecule is CC(CCN(C)C)NC(C)Cc1ccc(F)cc1. The number of hydrogen-bond donors (Lipinski definition) is 1. The molecule has 102 valence electrons. The van der Waals surface area contributed by atoms with Gasteiger partial charge >= 0.3 is 0 Å². The third kappa shape index (κ3) is 6.12. The van der Waals surface area contributed by atoms with Gasteiger partial charge in [-0.25, -0.2) is 4.39 Å². The lowest BCUT2D eigenvalue weighted by atomic mass is 10.1. The van der Waals surface area contributed by atoms with Crippen LogP contribution in [0.5, 0.6) is 0 Å². The average Bonchev–Trinajstić information content (AvgIpc) is 2.29. The summed E-state index contributed by atoms with van der Waals surface area (Å²) < 4.78 is 12.8. The summed E-state index contributed by atoms with van der Waals surface area (Å²) in [6.45, 7) is 5.48. The predicted molar refractivity (Wildman–Crippen MR) is 75.3 cm³/mol. The predicted octanol–water partition coefficient (Wildman–Crippen LogP) is 2.69. The summed E-state index contributed by atoms with van der Waals surface area (Å²) in [5.41, 5.74) is 1.18. The van der Waals surface area contributed by atoms with Crippen molar-refractivity contribution in [3.8, 4) is 0 Å². The van der Waals surface area contributed by atoms with E-state index in [0.29, 0.717) is 12.1 Å². The molecular weight excluding hydrogens is 227 g/mol. The van der Waals surface area contributed by atoms with Crippen LogP contribution < -0.4 is 5.32 Å². The van der Waals surface area contributed by atoms with Crippen molar-refractivity contribution in [2.45, 2.75) is 38.8 Å². The van der Waals surface area contributed by atoms with Crippen LogP contribution in [-0.4, -0.2) is 37.6 Å². The molecule has 1 N–H and O–H groups in total. The molecule has 0 spiro atoms. The van der Waals surface area contributed by atoms with E-state index in [0.717, 1.165) is 19.4 Å². The van der Waals surface area contributed by atoms with Crippen LogP contribution in [0.2, 0.25) is 0 Å². The molecule has 0 heterocycles. The Hall–Kier alpha value is -0.930. The summed E-state index contributed by atoms with van der Waals surface area (Å²) in [6.07, 6.45) is 2.08. The van der Waals surface area contributed by atoms with Crippen LogP contribution in [0.4, 0.5) is 4.39 Å². The molecule has 2 nitrogen and oxygen atoms in total. The van der Waals surface area contributed by atoms with Crippen molar-refractivity contribution in [3.05, 3.63) is 35.6 Å². The van der Waals surface area contributed by atoms with Gasteiger partial charge in [-0.2, -0.15) is 0 Å². The topological polar surface area (TPSA) is 15.3 Å². The smallest absolute Gasteiger partial charge is 0.123 e. The normalized spacial score (nSPS) is 14.8. The number of hydrogen-bond acceptors (Lipinski definition) is 2. The maximum absolute atomic E-state index is 12.8. The number of nitrogens with zero attached hydrogens (tertiary/aromatic N) is 1. The molecule has 18 heavy (non-hydrogen) atoms. The molecule has 0 saturated carbocycles. The second-order valence-electron chi connectivity index (χ2n) is 5.39. The minimum Gasteiger partial charge on any atom is -0.311 e. The van der Waals surface area contributed by atoms with Crippen LogP contribution in [0.1, 0.15) is 25.8 Å². The van der Waals surface area contributed by atoms with E-state index in [1.807, 2.05) is 12.1 Å². The molecule has 0 saturated heterocycles. The zero-order chi connectivity index (χ0) is 13.5. The van der Waals surface area contributed by atoms with E-state index < -0.39 is 0 Å². The van der Waals surface area contributed by atoms with Crippen LogP contribution in [0.3, 0.4) is 0 Å². The number of nitrogens with one attached hydrogen (secondary N) is 1. The van der Waals surface area contributed by atoms with Gasteiger partial charge in [0.2, 0.25) is 0 Å². The van der Waals surface area contributed by atoms with Gasteiger partial charge in [0.05, 0.1) is 0 Å². The largest absolute Gasteiger partial charge is 0.311 e. The van der Waals surface area contributed by atoms with Gasteiger partial charge in [0.25, 0.3) is 0 Å². The van der Waals surface area contributed by atoms with Crippen molar-refractivity contribution >= 4 is 0 Å². The maximum atomic E-state index is 12.8. The average molecular weight is 252 g/mol. The molecule has 0 aliphatic rings. The monoisotopic (exact) mass is 252 g/mol. The van der Waals surface area contributed by atoms with E-state index in [1.54, 1.807) is 0 Å². The number of rotatable bonds is 7. The fourth-order valence-electron chi connectivity index (χ4n) is 2.05. The van der Waals surface area contributed by atoms with Gasteiger partial charge in [-0.1, -0.05) is 12.1 Å². The Balaban J connectivity index is 2.32. The quantitative estimate of drug-likeness (QED) is 0.802. The summed E-state index contributed by atoms with van der Waals surface area (Å²) in [5.74, 6) is -0.168. The van der Waals surface area contributed by atoms with Gasteiger partial charge in [-0.3, -0.25) is 0 Å². The Labute approximate surface area is 110 Å². The van der Waals surface area contributed by atoms with E-state index >= 15 is 0 Å².